The van der Waals surface area contributed by atoms with E-state index in [1.54, 1.807) is 0 Å². The second-order valence-corrected chi connectivity index (χ2v) is 4.18. The Morgan fingerprint density at radius 2 is 2.25 bits per heavy atom. The molecule has 0 fully saturated rings. The monoisotopic (exact) mass is 215 g/mol. The van der Waals surface area contributed by atoms with Gasteiger partial charge in [0.2, 0.25) is 0 Å². The number of hydrogen-bond donors (Lipinski definition) is 3. The summed E-state index contributed by atoms with van der Waals surface area (Å²) in [7, 11) is 0. The summed E-state index contributed by atoms with van der Waals surface area (Å²) < 4.78 is 0. The van der Waals surface area contributed by atoms with Gasteiger partial charge in [-0.15, -0.1) is 0 Å². The molecule has 0 atom stereocenters. The van der Waals surface area contributed by atoms with Crippen molar-refractivity contribution >= 4 is 16.7 Å². The number of H-pyrrole nitrogens is 1. The molecule has 82 valence electrons. The molecule has 0 radical (unpaired) electrons. The predicted molar refractivity (Wildman–Crippen MR) is 62.8 cm³/mol. The van der Waals surface area contributed by atoms with Gasteiger partial charge in [-0.05, 0) is 43.0 Å². The Balaban J connectivity index is 2.24. The van der Waals surface area contributed by atoms with Crippen LogP contribution in [0.2, 0.25) is 0 Å². The van der Waals surface area contributed by atoms with Gasteiger partial charge in [0.15, 0.2) is 5.84 Å². The summed E-state index contributed by atoms with van der Waals surface area (Å²) in [5, 5.41) is 12.9. The van der Waals surface area contributed by atoms with Gasteiger partial charge in [-0.2, -0.15) is 0 Å². The van der Waals surface area contributed by atoms with E-state index in [1.807, 2.05) is 18.2 Å². The molecule has 4 nitrogen and oxygen atoms in total. The maximum Gasteiger partial charge on any atom is 0.170 e. The van der Waals surface area contributed by atoms with Crippen molar-refractivity contribution in [3.63, 3.8) is 0 Å². The van der Waals surface area contributed by atoms with Gasteiger partial charge < -0.3 is 15.9 Å². The van der Waals surface area contributed by atoms with Crippen LogP contribution in [0.3, 0.4) is 0 Å². The molecule has 3 rings (SSSR count). The van der Waals surface area contributed by atoms with Crippen molar-refractivity contribution in [3.05, 3.63) is 35.0 Å². The molecule has 0 saturated carbocycles. The number of amidine groups is 1. The van der Waals surface area contributed by atoms with E-state index in [2.05, 4.69) is 10.1 Å². The number of aryl methyl sites for hydroxylation is 2. The highest BCUT2D eigenvalue weighted by atomic mass is 16.4. The van der Waals surface area contributed by atoms with Crippen molar-refractivity contribution in [3.8, 4) is 0 Å². The molecule has 4 heteroatoms. The molecule has 4 N–H and O–H groups in total. The van der Waals surface area contributed by atoms with Crippen molar-refractivity contribution in [2.24, 2.45) is 10.9 Å². The molecule has 0 unspecified atom stereocenters. The van der Waals surface area contributed by atoms with E-state index in [0.29, 0.717) is 0 Å². The number of nitrogens with one attached hydrogen (secondary N) is 1. The third-order valence-electron chi connectivity index (χ3n) is 3.25. The van der Waals surface area contributed by atoms with E-state index in [9.17, 15) is 0 Å². The van der Waals surface area contributed by atoms with Crippen LogP contribution < -0.4 is 5.73 Å². The average molecular weight is 215 g/mol. The van der Waals surface area contributed by atoms with Gasteiger partial charge >= 0.3 is 0 Å². The molecule has 16 heavy (non-hydrogen) atoms. The zero-order valence-corrected chi connectivity index (χ0v) is 8.83. The highest BCUT2D eigenvalue weighted by Gasteiger charge is 2.17. The number of nitrogens with two attached hydrogens (primary N) is 1. The fourth-order valence-corrected chi connectivity index (χ4v) is 2.46. The number of oxime groups is 1. The Morgan fingerprint density at radius 1 is 1.38 bits per heavy atom. The van der Waals surface area contributed by atoms with Crippen molar-refractivity contribution in [1.29, 1.82) is 0 Å². The Kier molecular flexibility index (Phi) is 1.89. The van der Waals surface area contributed by atoms with E-state index in [-0.39, 0.29) is 5.84 Å². The lowest BCUT2D eigenvalue weighted by atomic mass is 10.1. The Morgan fingerprint density at radius 3 is 3.06 bits per heavy atom. The zero-order chi connectivity index (χ0) is 11.1. The molecule has 0 saturated heterocycles. The van der Waals surface area contributed by atoms with E-state index in [0.717, 1.165) is 23.9 Å². The first-order valence-electron chi connectivity index (χ1n) is 5.41. The first-order chi connectivity index (χ1) is 7.79. The molecule has 0 aliphatic heterocycles. The minimum absolute atomic E-state index is 0.162. The minimum Gasteiger partial charge on any atom is -0.409 e. The Labute approximate surface area is 92.8 Å². The summed E-state index contributed by atoms with van der Waals surface area (Å²) in [6, 6.07) is 5.84. The Hall–Kier alpha value is -1.97. The van der Waals surface area contributed by atoms with Crippen molar-refractivity contribution < 1.29 is 5.21 Å². The maximum absolute atomic E-state index is 8.66. The number of rotatable bonds is 1. The van der Waals surface area contributed by atoms with Crippen LogP contribution >= 0.6 is 0 Å². The summed E-state index contributed by atoms with van der Waals surface area (Å²) >= 11 is 0. The summed E-state index contributed by atoms with van der Waals surface area (Å²) in [6.07, 6.45) is 3.46. The van der Waals surface area contributed by atoms with Crippen LogP contribution in [0.15, 0.2) is 23.4 Å². The first kappa shape index (κ1) is 9.27. The second kappa shape index (κ2) is 3.27. The van der Waals surface area contributed by atoms with Crippen LogP contribution in [-0.4, -0.2) is 16.0 Å². The van der Waals surface area contributed by atoms with Gasteiger partial charge in [-0.25, -0.2) is 0 Å². The van der Waals surface area contributed by atoms with Gasteiger partial charge in [0.25, 0.3) is 0 Å². The predicted octanol–water partition coefficient (Wildman–Crippen LogP) is 1.75. The van der Waals surface area contributed by atoms with Gasteiger partial charge in [-0.1, -0.05) is 5.16 Å². The molecule has 2 aromatic rings. The number of aromatic nitrogens is 1. The minimum atomic E-state index is 0.162. The van der Waals surface area contributed by atoms with Crippen LogP contribution in [0.4, 0.5) is 0 Å². The molecule has 1 aromatic heterocycles. The molecule has 0 bridgehead atoms. The molecule has 0 spiro atoms. The Bertz CT molecular complexity index is 583. The summed E-state index contributed by atoms with van der Waals surface area (Å²) in [5.41, 5.74) is 10.2. The average Bonchev–Trinajstić information content (AvgIpc) is 2.87. The quantitative estimate of drug-likeness (QED) is 0.293. The van der Waals surface area contributed by atoms with E-state index >= 15 is 0 Å². The molecule has 1 aliphatic rings. The van der Waals surface area contributed by atoms with Gasteiger partial charge in [0, 0.05) is 22.2 Å². The zero-order valence-electron chi connectivity index (χ0n) is 8.83. The topological polar surface area (TPSA) is 74.4 Å². The third kappa shape index (κ3) is 1.19. The number of hydrogen-bond acceptors (Lipinski definition) is 2. The van der Waals surface area contributed by atoms with E-state index < -0.39 is 0 Å². The largest absolute Gasteiger partial charge is 0.409 e. The van der Waals surface area contributed by atoms with Crippen molar-refractivity contribution in [2.45, 2.75) is 19.3 Å². The molecular formula is C12H13N3O. The van der Waals surface area contributed by atoms with Crippen molar-refractivity contribution in [1.82, 2.24) is 4.98 Å². The number of fused-ring (bicyclic) bond motifs is 3. The maximum atomic E-state index is 8.66. The van der Waals surface area contributed by atoms with Crippen LogP contribution in [-0.2, 0) is 12.8 Å². The lowest BCUT2D eigenvalue weighted by molar-refractivity contribution is 0.318. The lowest BCUT2D eigenvalue weighted by Gasteiger charge is -2.00. The smallest absolute Gasteiger partial charge is 0.170 e. The second-order valence-electron chi connectivity index (χ2n) is 4.18. The number of benzene rings is 1. The molecule has 1 heterocycles. The van der Waals surface area contributed by atoms with Gasteiger partial charge in [0.1, 0.15) is 0 Å². The summed E-state index contributed by atoms with van der Waals surface area (Å²) in [5.74, 6) is 0.162. The lowest BCUT2D eigenvalue weighted by Crippen LogP contribution is -2.12. The van der Waals surface area contributed by atoms with Crippen molar-refractivity contribution in [2.75, 3.05) is 0 Å². The number of nitrogens with zero attached hydrogens (tertiary/aromatic N) is 1. The van der Waals surface area contributed by atoms with Gasteiger partial charge in [0.05, 0.1) is 0 Å². The standard InChI is InChI=1S/C12H13N3O/c13-12(15-16)7-4-5-11-9(6-7)8-2-1-3-10(8)14-11/h4-6,14,16H,1-3H2,(H2,13,15). The number of aromatic amines is 1. The molecule has 1 aliphatic carbocycles. The fraction of sp³-hybridized carbons (Fsp3) is 0.250. The van der Waals surface area contributed by atoms with E-state index in [1.165, 1.54) is 23.1 Å². The highest BCUT2D eigenvalue weighted by Crippen LogP contribution is 2.30. The molecular weight excluding hydrogens is 202 g/mol. The van der Waals surface area contributed by atoms with Crippen LogP contribution in [0.25, 0.3) is 10.9 Å². The normalized spacial score (nSPS) is 15.6. The SMILES string of the molecule is N/C(=N\O)c1ccc2[nH]c3c(c2c1)CCC3. The highest BCUT2D eigenvalue weighted by molar-refractivity contribution is 6.01. The van der Waals surface area contributed by atoms with Gasteiger partial charge in [-0.3, -0.25) is 0 Å². The summed E-state index contributed by atoms with van der Waals surface area (Å²) in [6.45, 7) is 0. The first-order valence-corrected chi connectivity index (χ1v) is 5.41. The fourth-order valence-electron chi connectivity index (χ4n) is 2.46. The van der Waals surface area contributed by atoms with Crippen LogP contribution in [0.1, 0.15) is 23.2 Å². The van der Waals surface area contributed by atoms with Crippen LogP contribution in [0, 0.1) is 0 Å². The van der Waals surface area contributed by atoms with Crippen LogP contribution in [0.5, 0.6) is 0 Å². The molecule has 0 amide bonds. The van der Waals surface area contributed by atoms with E-state index in [4.69, 9.17) is 10.9 Å². The molecule has 1 aromatic carbocycles. The summed E-state index contributed by atoms with van der Waals surface area (Å²) in [4.78, 5) is 3.42. The third-order valence-corrected chi connectivity index (χ3v) is 3.25.